The van der Waals surface area contributed by atoms with Crippen LogP contribution in [0.3, 0.4) is 0 Å². The van der Waals surface area contributed by atoms with E-state index < -0.39 is 0 Å². The Kier molecular flexibility index (Phi) is 6.87. The van der Waals surface area contributed by atoms with Crippen molar-refractivity contribution in [3.05, 3.63) is 71.2 Å². The summed E-state index contributed by atoms with van der Waals surface area (Å²) in [6.07, 6.45) is 2.39. The van der Waals surface area contributed by atoms with Crippen molar-refractivity contribution >= 4 is 11.7 Å². The van der Waals surface area contributed by atoms with Crippen molar-refractivity contribution in [1.29, 1.82) is 0 Å². The van der Waals surface area contributed by atoms with Crippen LogP contribution in [0.4, 0.5) is 10.5 Å². The Morgan fingerprint density at radius 2 is 1.97 bits per heavy atom. The number of hydrogen-bond acceptors (Lipinski definition) is 5. The Labute approximate surface area is 188 Å². The van der Waals surface area contributed by atoms with Gasteiger partial charge in [0, 0.05) is 50.5 Å². The summed E-state index contributed by atoms with van der Waals surface area (Å²) in [6, 6.07) is 14.2. The van der Waals surface area contributed by atoms with E-state index in [-0.39, 0.29) is 6.03 Å². The highest BCUT2D eigenvalue weighted by atomic mass is 16.5. The number of anilines is 1. The van der Waals surface area contributed by atoms with Gasteiger partial charge in [0.05, 0.1) is 12.8 Å². The number of nitrogens with zero attached hydrogens (tertiary/aromatic N) is 3. The highest BCUT2D eigenvalue weighted by molar-refractivity contribution is 5.94. The Bertz CT molecular complexity index is 1060. The Morgan fingerprint density at radius 3 is 2.72 bits per heavy atom. The molecule has 0 spiro atoms. The van der Waals surface area contributed by atoms with Gasteiger partial charge in [0.15, 0.2) is 11.7 Å². The molecule has 1 aliphatic rings. The van der Waals surface area contributed by atoms with Gasteiger partial charge in [-0.25, -0.2) is 9.78 Å². The lowest BCUT2D eigenvalue weighted by atomic mass is 10.0. The lowest BCUT2D eigenvalue weighted by Crippen LogP contribution is -2.34. The second kappa shape index (κ2) is 9.97. The molecule has 3 aromatic rings. The molecule has 168 valence electrons. The topological polar surface area (TPSA) is 84.8 Å². The Balaban J connectivity index is 1.45. The van der Waals surface area contributed by atoms with Gasteiger partial charge in [-0.3, -0.25) is 4.90 Å². The lowest BCUT2D eigenvalue weighted by molar-refractivity contribution is 0.134. The predicted octanol–water partition coefficient (Wildman–Crippen LogP) is 3.98. The third-order valence-corrected chi connectivity index (χ3v) is 5.74. The van der Waals surface area contributed by atoms with Crippen LogP contribution in [0.5, 0.6) is 0 Å². The highest BCUT2D eigenvalue weighted by Gasteiger charge is 2.28. The van der Waals surface area contributed by atoms with Crippen LogP contribution in [0.2, 0.25) is 0 Å². The number of carbonyl (C=O) groups excluding carboxylic acids is 1. The molecule has 7 heteroatoms. The normalized spacial score (nSPS) is 13.9. The summed E-state index contributed by atoms with van der Waals surface area (Å²) in [5.41, 5.74) is 10.9. The van der Waals surface area contributed by atoms with E-state index in [1.54, 1.807) is 16.0 Å². The molecule has 0 bridgehead atoms. The van der Waals surface area contributed by atoms with Crippen LogP contribution < -0.4 is 10.6 Å². The quantitative estimate of drug-likeness (QED) is 0.551. The molecule has 2 amide bonds. The van der Waals surface area contributed by atoms with Gasteiger partial charge in [0.2, 0.25) is 0 Å². The van der Waals surface area contributed by atoms with E-state index in [0.29, 0.717) is 57.5 Å². The molecule has 0 saturated carbocycles. The second-order valence-corrected chi connectivity index (χ2v) is 7.95. The average Bonchev–Trinajstić information content (AvgIpc) is 3.42. The smallest absolute Gasteiger partial charge is 0.324 e. The maximum Gasteiger partial charge on any atom is 0.324 e. The van der Waals surface area contributed by atoms with Gasteiger partial charge < -0.3 is 19.8 Å². The third-order valence-electron chi connectivity index (χ3n) is 5.74. The van der Waals surface area contributed by atoms with Gasteiger partial charge in [0.25, 0.3) is 0 Å². The SMILES string of the molecule is CCOCc1ccc(C)c(Cc2ncc(-c3ccc(N4CCN(CCN)C4=O)cc3)o2)c1. The fourth-order valence-corrected chi connectivity index (χ4v) is 3.90. The number of urea groups is 1. The summed E-state index contributed by atoms with van der Waals surface area (Å²) < 4.78 is 11.6. The highest BCUT2D eigenvalue weighted by Crippen LogP contribution is 2.27. The standard InChI is InChI=1S/C25H30N4O3/c1-3-31-17-19-5-4-18(2)21(14-19)15-24-27-16-23(32-24)20-6-8-22(9-7-20)29-13-12-28(11-10-26)25(29)30/h4-9,14,16H,3,10-13,15,17,26H2,1-2H3. The number of carbonyl (C=O) groups is 1. The molecule has 2 heterocycles. The van der Waals surface area contributed by atoms with Crippen molar-refractivity contribution in [2.24, 2.45) is 5.73 Å². The molecule has 1 saturated heterocycles. The van der Waals surface area contributed by atoms with E-state index in [0.717, 1.165) is 16.8 Å². The molecule has 1 aromatic heterocycles. The zero-order valence-corrected chi connectivity index (χ0v) is 18.7. The number of oxazole rings is 1. The number of aromatic nitrogens is 1. The first-order chi connectivity index (χ1) is 15.6. The van der Waals surface area contributed by atoms with Crippen LogP contribution in [-0.4, -0.2) is 48.7 Å². The molecule has 0 unspecified atom stereocenters. The van der Waals surface area contributed by atoms with E-state index in [9.17, 15) is 4.79 Å². The number of benzene rings is 2. The van der Waals surface area contributed by atoms with E-state index in [1.165, 1.54) is 11.1 Å². The predicted molar refractivity (Wildman–Crippen MR) is 125 cm³/mol. The van der Waals surface area contributed by atoms with Gasteiger partial charge in [0.1, 0.15) is 0 Å². The minimum atomic E-state index is 0.00656. The van der Waals surface area contributed by atoms with Gasteiger partial charge in [-0.2, -0.15) is 0 Å². The molecule has 0 atom stereocenters. The van der Waals surface area contributed by atoms with Crippen molar-refractivity contribution in [2.75, 3.05) is 37.7 Å². The fraction of sp³-hybridized carbons (Fsp3) is 0.360. The number of aryl methyl sites for hydroxylation is 1. The fourth-order valence-electron chi connectivity index (χ4n) is 3.90. The second-order valence-electron chi connectivity index (χ2n) is 7.95. The van der Waals surface area contributed by atoms with Gasteiger partial charge in [-0.1, -0.05) is 18.2 Å². The molecule has 1 aliphatic heterocycles. The van der Waals surface area contributed by atoms with Crippen molar-refractivity contribution < 1.29 is 13.9 Å². The zero-order valence-electron chi connectivity index (χ0n) is 18.7. The van der Waals surface area contributed by atoms with E-state index in [4.69, 9.17) is 14.9 Å². The van der Waals surface area contributed by atoms with Gasteiger partial charge >= 0.3 is 6.03 Å². The van der Waals surface area contributed by atoms with Gasteiger partial charge in [-0.15, -0.1) is 0 Å². The number of amides is 2. The third kappa shape index (κ3) is 4.84. The molecule has 0 radical (unpaired) electrons. The summed E-state index contributed by atoms with van der Waals surface area (Å²) in [5.74, 6) is 1.39. The Hall–Kier alpha value is -3.16. The minimum Gasteiger partial charge on any atom is -0.440 e. The first-order valence-corrected chi connectivity index (χ1v) is 11.1. The zero-order chi connectivity index (χ0) is 22.5. The van der Waals surface area contributed by atoms with Crippen molar-refractivity contribution in [3.63, 3.8) is 0 Å². The molecule has 32 heavy (non-hydrogen) atoms. The van der Waals surface area contributed by atoms with Crippen molar-refractivity contribution in [2.45, 2.75) is 26.9 Å². The first kappa shape index (κ1) is 22.0. The molecule has 1 fully saturated rings. The summed E-state index contributed by atoms with van der Waals surface area (Å²) >= 11 is 0. The number of nitrogens with two attached hydrogens (primary N) is 1. The number of rotatable bonds is 9. The number of hydrogen-bond donors (Lipinski definition) is 1. The maximum atomic E-state index is 12.5. The summed E-state index contributed by atoms with van der Waals surface area (Å²) in [5, 5.41) is 0. The average molecular weight is 435 g/mol. The molecule has 2 N–H and O–H groups in total. The summed E-state index contributed by atoms with van der Waals surface area (Å²) in [7, 11) is 0. The van der Waals surface area contributed by atoms with Crippen LogP contribution in [0.1, 0.15) is 29.5 Å². The van der Waals surface area contributed by atoms with E-state index in [2.05, 4.69) is 30.1 Å². The molecular formula is C25H30N4O3. The lowest BCUT2D eigenvalue weighted by Gasteiger charge is -2.18. The minimum absolute atomic E-state index is 0.00656. The molecular weight excluding hydrogens is 404 g/mol. The van der Waals surface area contributed by atoms with Crippen molar-refractivity contribution in [3.8, 4) is 11.3 Å². The summed E-state index contributed by atoms with van der Waals surface area (Å²) in [6.45, 7) is 7.83. The molecule has 7 nitrogen and oxygen atoms in total. The first-order valence-electron chi connectivity index (χ1n) is 11.1. The Morgan fingerprint density at radius 1 is 1.16 bits per heavy atom. The maximum absolute atomic E-state index is 12.5. The van der Waals surface area contributed by atoms with Crippen LogP contribution >= 0.6 is 0 Å². The largest absolute Gasteiger partial charge is 0.440 e. The molecule has 2 aromatic carbocycles. The van der Waals surface area contributed by atoms with Crippen molar-refractivity contribution in [1.82, 2.24) is 9.88 Å². The molecule has 4 rings (SSSR count). The molecule has 0 aliphatic carbocycles. The van der Waals surface area contributed by atoms with E-state index >= 15 is 0 Å². The summed E-state index contributed by atoms with van der Waals surface area (Å²) in [4.78, 5) is 20.5. The van der Waals surface area contributed by atoms with E-state index in [1.807, 2.05) is 31.2 Å². The van der Waals surface area contributed by atoms with Gasteiger partial charge in [-0.05, 0) is 54.8 Å². The van der Waals surface area contributed by atoms with Crippen LogP contribution in [0.25, 0.3) is 11.3 Å². The van der Waals surface area contributed by atoms with Crippen LogP contribution in [-0.2, 0) is 17.8 Å². The van der Waals surface area contributed by atoms with Crippen LogP contribution in [0.15, 0.2) is 53.1 Å². The number of ether oxygens (including phenoxy) is 1. The van der Waals surface area contributed by atoms with Crippen LogP contribution in [0, 0.1) is 6.92 Å². The monoisotopic (exact) mass is 434 g/mol.